The molecule has 1 atom stereocenters. The van der Waals surface area contributed by atoms with E-state index in [1.165, 1.54) is 4.68 Å². The SMILES string of the molecule is CCCOc1ccc(CNC(=O)[C@@H](C)n2nc(C)c3sc4ccccc4c3c2=O)cc1. The van der Waals surface area contributed by atoms with E-state index in [0.717, 1.165) is 38.2 Å². The second kappa shape index (κ2) is 8.89. The first-order chi connectivity index (χ1) is 15.0. The van der Waals surface area contributed by atoms with Gasteiger partial charge in [-0.05, 0) is 44.0 Å². The van der Waals surface area contributed by atoms with Gasteiger partial charge >= 0.3 is 0 Å². The molecule has 2 heterocycles. The van der Waals surface area contributed by atoms with Crippen LogP contribution in [0.4, 0.5) is 0 Å². The average molecular weight is 436 g/mol. The molecule has 0 spiro atoms. The fraction of sp³-hybridized carbons (Fsp3) is 0.292. The number of rotatable bonds is 7. The van der Waals surface area contributed by atoms with E-state index < -0.39 is 6.04 Å². The van der Waals surface area contributed by atoms with Gasteiger partial charge in [-0.3, -0.25) is 9.59 Å². The van der Waals surface area contributed by atoms with E-state index in [1.54, 1.807) is 18.3 Å². The number of amides is 1. The fourth-order valence-corrected chi connectivity index (χ4v) is 4.65. The first kappa shape index (κ1) is 21.1. The number of aryl methyl sites for hydroxylation is 1. The molecule has 4 rings (SSSR count). The minimum Gasteiger partial charge on any atom is -0.494 e. The van der Waals surface area contributed by atoms with E-state index in [1.807, 2.05) is 55.5 Å². The van der Waals surface area contributed by atoms with Crippen LogP contribution in [0.2, 0.25) is 0 Å². The zero-order chi connectivity index (χ0) is 22.0. The van der Waals surface area contributed by atoms with Crippen LogP contribution < -0.4 is 15.6 Å². The molecule has 0 fully saturated rings. The summed E-state index contributed by atoms with van der Waals surface area (Å²) < 4.78 is 8.80. The van der Waals surface area contributed by atoms with Crippen molar-refractivity contribution in [2.75, 3.05) is 6.61 Å². The van der Waals surface area contributed by atoms with Gasteiger partial charge in [-0.25, -0.2) is 4.68 Å². The Labute approximate surface area is 184 Å². The van der Waals surface area contributed by atoms with Gasteiger partial charge in [0.1, 0.15) is 11.8 Å². The normalized spacial score (nSPS) is 12.2. The summed E-state index contributed by atoms with van der Waals surface area (Å²) in [6, 6.07) is 14.7. The van der Waals surface area contributed by atoms with Crippen molar-refractivity contribution in [2.24, 2.45) is 0 Å². The van der Waals surface area contributed by atoms with Crippen LogP contribution in [0, 0.1) is 6.92 Å². The highest BCUT2D eigenvalue weighted by Gasteiger charge is 2.21. The number of nitrogens with one attached hydrogen (secondary N) is 1. The Hall–Kier alpha value is -3.19. The number of hydrogen-bond donors (Lipinski definition) is 1. The maximum atomic E-state index is 13.2. The molecule has 1 N–H and O–H groups in total. The van der Waals surface area contributed by atoms with Crippen LogP contribution in [0.5, 0.6) is 5.75 Å². The molecule has 0 bridgehead atoms. The van der Waals surface area contributed by atoms with Crippen molar-refractivity contribution in [1.82, 2.24) is 15.1 Å². The summed E-state index contributed by atoms with van der Waals surface area (Å²) in [6.45, 7) is 6.68. The molecule has 2 aromatic carbocycles. The van der Waals surface area contributed by atoms with Crippen molar-refractivity contribution in [1.29, 1.82) is 0 Å². The van der Waals surface area contributed by atoms with Gasteiger partial charge in [0, 0.05) is 16.6 Å². The maximum Gasteiger partial charge on any atom is 0.276 e. The molecule has 2 aromatic heterocycles. The number of nitrogens with zero attached hydrogens (tertiary/aromatic N) is 2. The standard InChI is InChI=1S/C24H25N3O3S/c1-4-13-30-18-11-9-17(10-12-18)14-25-23(28)16(3)27-24(29)21-19-7-5-6-8-20(19)31-22(21)15(2)26-27/h5-12,16H,4,13-14H2,1-3H3,(H,25,28)/t16-/m1/s1. The van der Waals surface area contributed by atoms with Crippen LogP contribution in [-0.2, 0) is 11.3 Å². The zero-order valence-corrected chi connectivity index (χ0v) is 18.7. The third kappa shape index (κ3) is 4.18. The average Bonchev–Trinajstić information content (AvgIpc) is 3.19. The summed E-state index contributed by atoms with van der Waals surface area (Å²) in [5.74, 6) is 0.562. The lowest BCUT2D eigenvalue weighted by molar-refractivity contribution is -0.124. The second-order valence-corrected chi connectivity index (χ2v) is 8.58. The quantitative estimate of drug-likeness (QED) is 0.461. The molecule has 4 aromatic rings. The minimum atomic E-state index is -0.721. The van der Waals surface area contributed by atoms with Crippen molar-refractivity contribution in [3.63, 3.8) is 0 Å². The number of carbonyl (C=O) groups is 1. The lowest BCUT2D eigenvalue weighted by Crippen LogP contribution is -2.37. The van der Waals surface area contributed by atoms with Crippen LogP contribution in [-0.4, -0.2) is 22.3 Å². The summed E-state index contributed by atoms with van der Waals surface area (Å²) in [4.78, 5) is 26.0. The van der Waals surface area contributed by atoms with Gasteiger partial charge in [0.15, 0.2) is 0 Å². The van der Waals surface area contributed by atoms with Crippen LogP contribution in [0.3, 0.4) is 0 Å². The van der Waals surface area contributed by atoms with E-state index >= 15 is 0 Å². The summed E-state index contributed by atoms with van der Waals surface area (Å²) in [7, 11) is 0. The van der Waals surface area contributed by atoms with Crippen LogP contribution in [0.25, 0.3) is 20.2 Å². The van der Waals surface area contributed by atoms with Gasteiger partial charge in [-0.2, -0.15) is 5.10 Å². The lowest BCUT2D eigenvalue weighted by Gasteiger charge is -2.15. The van der Waals surface area contributed by atoms with Gasteiger partial charge < -0.3 is 10.1 Å². The lowest BCUT2D eigenvalue weighted by atomic mass is 10.2. The Morgan fingerprint density at radius 2 is 1.94 bits per heavy atom. The van der Waals surface area contributed by atoms with Crippen molar-refractivity contribution >= 4 is 37.4 Å². The summed E-state index contributed by atoms with van der Waals surface area (Å²) >= 11 is 1.56. The largest absolute Gasteiger partial charge is 0.494 e. The number of ether oxygens (including phenoxy) is 1. The van der Waals surface area contributed by atoms with E-state index in [-0.39, 0.29) is 11.5 Å². The summed E-state index contributed by atoms with van der Waals surface area (Å²) in [5.41, 5.74) is 1.47. The molecular formula is C24H25N3O3S. The Morgan fingerprint density at radius 1 is 1.19 bits per heavy atom. The smallest absolute Gasteiger partial charge is 0.276 e. The number of aromatic nitrogens is 2. The van der Waals surface area contributed by atoms with Crippen LogP contribution in [0.15, 0.2) is 53.3 Å². The molecule has 1 amide bonds. The highest BCUT2D eigenvalue weighted by Crippen LogP contribution is 2.32. The number of thiophene rings is 1. The molecule has 0 radical (unpaired) electrons. The molecule has 160 valence electrons. The Kier molecular flexibility index (Phi) is 6.04. The first-order valence-corrected chi connectivity index (χ1v) is 11.2. The molecule has 6 nitrogen and oxygen atoms in total. The highest BCUT2D eigenvalue weighted by molar-refractivity contribution is 7.26. The Balaban J connectivity index is 1.54. The first-order valence-electron chi connectivity index (χ1n) is 10.4. The number of hydrogen-bond acceptors (Lipinski definition) is 5. The van der Waals surface area contributed by atoms with Crippen molar-refractivity contribution in [2.45, 2.75) is 39.8 Å². The maximum absolute atomic E-state index is 13.2. The molecule has 7 heteroatoms. The van der Waals surface area contributed by atoms with Gasteiger partial charge in [0.25, 0.3) is 5.56 Å². The van der Waals surface area contributed by atoms with Crippen LogP contribution in [0.1, 0.15) is 37.6 Å². The number of fused-ring (bicyclic) bond motifs is 3. The molecule has 0 aliphatic carbocycles. The molecular weight excluding hydrogens is 410 g/mol. The highest BCUT2D eigenvalue weighted by atomic mass is 32.1. The Morgan fingerprint density at radius 3 is 2.68 bits per heavy atom. The third-order valence-corrected chi connectivity index (χ3v) is 6.49. The van der Waals surface area contributed by atoms with Crippen molar-refractivity contribution in [3.8, 4) is 5.75 Å². The minimum absolute atomic E-state index is 0.238. The van der Waals surface area contributed by atoms with Gasteiger partial charge in [0.05, 0.1) is 22.4 Å². The molecule has 0 aliphatic rings. The molecule has 0 saturated heterocycles. The zero-order valence-electron chi connectivity index (χ0n) is 17.8. The fourth-order valence-electron chi connectivity index (χ4n) is 3.51. The Bertz CT molecular complexity index is 1290. The molecule has 31 heavy (non-hydrogen) atoms. The second-order valence-electron chi connectivity index (χ2n) is 7.52. The predicted octanol–water partition coefficient (Wildman–Crippen LogP) is 4.59. The predicted molar refractivity (Wildman–Crippen MR) is 125 cm³/mol. The van der Waals surface area contributed by atoms with Crippen LogP contribution >= 0.6 is 11.3 Å². The topological polar surface area (TPSA) is 73.2 Å². The summed E-state index contributed by atoms with van der Waals surface area (Å²) in [5, 5.41) is 8.90. The molecule has 0 aliphatic heterocycles. The van der Waals surface area contributed by atoms with Gasteiger partial charge in [0.2, 0.25) is 5.91 Å². The van der Waals surface area contributed by atoms with E-state index in [2.05, 4.69) is 17.3 Å². The monoisotopic (exact) mass is 435 g/mol. The van der Waals surface area contributed by atoms with E-state index in [9.17, 15) is 9.59 Å². The third-order valence-electron chi connectivity index (χ3n) is 5.21. The summed E-state index contributed by atoms with van der Waals surface area (Å²) in [6.07, 6.45) is 0.954. The number of benzene rings is 2. The van der Waals surface area contributed by atoms with E-state index in [0.29, 0.717) is 18.5 Å². The van der Waals surface area contributed by atoms with Crippen molar-refractivity contribution < 1.29 is 9.53 Å². The van der Waals surface area contributed by atoms with Gasteiger partial charge in [-0.1, -0.05) is 37.3 Å². The molecule has 0 unspecified atom stereocenters. The number of carbonyl (C=O) groups excluding carboxylic acids is 1. The van der Waals surface area contributed by atoms with E-state index in [4.69, 9.17) is 4.74 Å². The molecule has 0 saturated carbocycles. The van der Waals surface area contributed by atoms with Crippen molar-refractivity contribution in [3.05, 3.63) is 70.1 Å². The van der Waals surface area contributed by atoms with Gasteiger partial charge in [-0.15, -0.1) is 11.3 Å².